The van der Waals surface area contributed by atoms with Crippen molar-refractivity contribution in [1.82, 2.24) is 35.8 Å². The maximum Gasteiger partial charge on any atom is 0.319 e. The summed E-state index contributed by atoms with van der Waals surface area (Å²) in [6, 6.07) is 25.3. The van der Waals surface area contributed by atoms with E-state index in [9.17, 15) is 14.4 Å². The highest BCUT2D eigenvalue weighted by molar-refractivity contribution is 6.30. The van der Waals surface area contributed by atoms with Gasteiger partial charge in [0.25, 0.3) is 0 Å². The van der Waals surface area contributed by atoms with Crippen LogP contribution in [-0.4, -0.2) is 49.1 Å². The Balaban J connectivity index is 1.23. The number of halogens is 1. The number of anilines is 2. The fourth-order valence-corrected chi connectivity index (χ4v) is 4.48. The van der Waals surface area contributed by atoms with Gasteiger partial charge in [-0.05, 0) is 76.7 Å². The van der Waals surface area contributed by atoms with E-state index in [-0.39, 0.29) is 19.0 Å². The van der Waals surface area contributed by atoms with Gasteiger partial charge in [0.05, 0.1) is 17.9 Å². The molecule has 0 radical (unpaired) electrons. The molecule has 2 heterocycles. The number of pyridine rings is 1. The van der Waals surface area contributed by atoms with Gasteiger partial charge in [-0.2, -0.15) is 4.68 Å². The summed E-state index contributed by atoms with van der Waals surface area (Å²) in [7, 11) is 0. The van der Waals surface area contributed by atoms with Crippen LogP contribution in [0.2, 0.25) is 5.02 Å². The Labute approximate surface area is 263 Å². The van der Waals surface area contributed by atoms with E-state index in [1.807, 2.05) is 42.5 Å². The number of nitrogens with zero attached hydrogens (tertiary/aromatic N) is 5. The van der Waals surface area contributed by atoms with E-state index in [0.29, 0.717) is 27.6 Å². The summed E-state index contributed by atoms with van der Waals surface area (Å²) >= 11 is 6.18. The average molecular weight is 622 g/mol. The van der Waals surface area contributed by atoms with E-state index in [1.165, 1.54) is 17.1 Å². The van der Waals surface area contributed by atoms with Gasteiger partial charge >= 0.3 is 6.03 Å². The maximum atomic E-state index is 13.4. The van der Waals surface area contributed by atoms with E-state index in [1.54, 1.807) is 60.8 Å². The molecule has 0 saturated carbocycles. The van der Waals surface area contributed by atoms with Gasteiger partial charge in [-0.1, -0.05) is 48.0 Å². The normalized spacial score (nSPS) is 11.5. The van der Waals surface area contributed by atoms with Gasteiger partial charge in [0.15, 0.2) is 0 Å². The van der Waals surface area contributed by atoms with Gasteiger partial charge < -0.3 is 21.3 Å². The number of carbonyl (C=O) groups excluding carboxylic acids is 3. The molecule has 0 aliphatic carbocycles. The molecule has 5 aromatic rings. The van der Waals surface area contributed by atoms with Crippen LogP contribution in [0.25, 0.3) is 11.8 Å². The summed E-state index contributed by atoms with van der Waals surface area (Å²) in [5, 5.41) is 22.8. The van der Waals surface area contributed by atoms with Crippen molar-refractivity contribution in [2.24, 2.45) is 0 Å². The second-order valence-electron chi connectivity index (χ2n) is 9.74. The number of carbonyl (C=O) groups is 3. The zero-order valence-electron chi connectivity index (χ0n) is 23.8. The minimum absolute atomic E-state index is 0.259. The first-order valence-corrected chi connectivity index (χ1v) is 14.2. The van der Waals surface area contributed by atoms with Crippen molar-refractivity contribution in [3.05, 3.63) is 131 Å². The molecule has 0 fully saturated rings. The number of nitrogens with one attached hydrogen (secondary N) is 4. The summed E-state index contributed by atoms with van der Waals surface area (Å²) in [6.45, 7) is 0.282. The topological polar surface area (TPSA) is 156 Å². The molecule has 4 N–H and O–H groups in total. The quantitative estimate of drug-likeness (QED) is 0.159. The van der Waals surface area contributed by atoms with E-state index in [2.05, 4.69) is 41.8 Å². The Hall–Kier alpha value is -5.88. The Morgan fingerprint density at radius 3 is 2.36 bits per heavy atom. The highest BCUT2D eigenvalue weighted by Gasteiger charge is 2.21. The molecule has 3 aromatic carbocycles. The molecule has 45 heavy (non-hydrogen) atoms. The molecule has 5 rings (SSSR count). The molecule has 1 atom stereocenters. The lowest BCUT2D eigenvalue weighted by molar-refractivity contribution is -0.123. The molecule has 0 saturated heterocycles. The Morgan fingerprint density at radius 2 is 1.64 bits per heavy atom. The molecule has 2 aromatic heterocycles. The van der Waals surface area contributed by atoms with Gasteiger partial charge in [0, 0.05) is 40.7 Å². The van der Waals surface area contributed by atoms with Gasteiger partial charge in [-0.15, -0.1) is 5.10 Å². The average Bonchev–Trinajstić information content (AvgIpc) is 3.59. The van der Waals surface area contributed by atoms with E-state index in [4.69, 9.17) is 11.6 Å². The standard InChI is InChI=1S/C32H28ClN9O3/c33-24-10-15-29(42-21-36-40-41-42)23(19-24)9-16-30(43)39-28(18-22-6-2-1-3-7-22)31(44)37-25-11-13-26(14-12-25)38-32(45)35-20-27-8-4-5-17-34-27/h1-17,19,21,28H,18,20H2,(H,37,44)(H,39,43)(H2,35,38,45)/b16-9+. The number of hydrogen-bond acceptors (Lipinski definition) is 7. The molecule has 0 spiro atoms. The summed E-state index contributed by atoms with van der Waals surface area (Å²) in [5.41, 5.74) is 3.86. The summed E-state index contributed by atoms with van der Waals surface area (Å²) in [5.74, 6) is -0.892. The van der Waals surface area contributed by atoms with Gasteiger partial charge in [-0.25, -0.2) is 4.79 Å². The highest BCUT2D eigenvalue weighted by Crippen LogP contribution is 2.20. The second-order valence-corrected chi connectivity index (χ2v) is 10.2. The molecule has 12 nitrogen and oxygen atoms in total. The van der Waals surface area contributed by atoms with Gasteiger partial charge in [0.1, 0.15) is 12.4 Å². The van der Waals surface area contributed by atoms with Crippen molar-refractivity contribution < 1.29 is 14.4 Å². The van der Waals surface area contributed by atoms with Crippen LogP contribution in [0.4, 0.5) is 16.2 Å². The summed E-state index contributed by atoms with van der Waals surface area (Å²) in [4.78, 5) is 42.9. The minimum Gasteiger partial charge on any atom is -0.340 e. The fourth-order valence-electron chi connectivity index (χ4n) is 4.30. The van der Waals surface area contributed by atoms with Crippen LogP contribution >= 0.6 is 11.6 Å². The third-order valence-electron chi connectivity index (χ3n) is 6.48. The SMILES string of the molecule is O=C(/C=C/c1cc(Cl)ccc1-n1cnnn1)NC(Cc1ccccc1)C(=O)Nc1ccc(NC(=O)NCc2ccccn2)cc1. The lowest BCUT2D eigenvalue weighted by atomic mass is 10.0. The fraction of sp³-hybridized carbons (Fsp3) is 0.0938. The molecule has 0 bridgehead atoms. The zero-order valence-corrected chi connectivity index (χ0v) is 24.6. The molecular weight excluding hydrogens is 594 g/mol. The van der Waals surface area contributed by atoms with Gasteiger partial charge in [-0.3, -0.25) is 14.6 Å². The zero-order chi connectivity index (χ0) is 31.4. The number of aromatic nitrogens is 5. The van der Waals surface area contributed by atoms with Crippen LogP contribution in [-0.2, 0) is 22.6 Å². The number of tetrazole rings is 1. The largest absolute Gasteiger partial charge is 0.340 e. The third kappa shape index (κ3) is 9.05. The van der Waals surface area contributed by atoms with Crippen molar-refractivity contribution in [3.8, 4) is 5.69 Å². The number of amides is 4. The van der Waals surface area contributed by atoms with E-state index >= 15 is 0 Å². The molecule has 0 aliphatic heterocycles. The minimum atomic E-state index is -0.891. The Morgan fingerprint density at radius 1 is 0.889 bits per heavy atom. The number of benzene rings is 3. The van der Waals surface area contributed by atoms with Crippen molar-refractivity contribution in [2.75, 3.05) is 10.6 Å². The maximum absolute atomic E-state index is 13.4. The van der Waals surface area contributed by atoms with Crippen LogP contribution in [0.5, 0.6) is 0 Å². The number of rotatable bonds is 11. The van der Waals surface area contributed by atoms with Crippen LogP contribution < -0.4 is 21.3 Å². The lowest BCUT2D eigenvalue weighted by Gasteiger charge is -2.18. The molecular formula is C32H28ClN9O3. The summed E-state index contributed by atoms with van der Waals surface area (Å²) in [6.07, 6.45) is 6.25. The monoisotopic (exact) mass is 621 g/mol. The molecule has 4 amide bonds. The van der Waals surface area contributed by atoms with Crippen LogP contribution in [0.1, 0.15) is 16.8 Å². The number of urea groups is 1. The van der Waals surface area contributed by atoms with Crippen molar-refractivity contribution in [1.29, 1.82) is 0 Å². The first-order chi connectivity index (χ1) is 21.9. The summed E-state index contributed by atoms with van der Waals surface area (Å²) < 4.78 is 1.45. The third-order valence-corrected chi connectivity index (χ3v) is 6.72. The Kier molecular flexibility index (Phi) is 10.2. The Bertz CT molecular complexity index is 1770. The predicted octanol–water partition coefficient (Wildman–Crippen LogP) is 4.41. The number of hydrogen-bond donors (Lipinski definition) is 4. The molecule has 1 unspecified atom stereocenters. The molecule has 226 valence electrons. The highest BCUT2D eigenvalue weighted by atomic mass is 35.5. The second kappa shape index (κ2) is 15.0. The van der Waals surface area contributed by atoms with Crippen LogP contribution in [0.15, 0.2) is 110 Å². The predicted molar refractivity (Wildman–Crippen MR) is 170 cm³/mol. The van der Waals surface area contributed by atoms with Crippen molar-refractivity contribution in [3.63, 3.8) is 0 Å². The first kappa shape index (κ1) is 30.6. The van der Waals surface area contributed by atoms with Crippen molar-refractivity contribution >= 4 is 46.9 Å². The lowest BCUT2D eigenvalue weighted by Crippen LogP contribution is -2.44. The van der Waals surface area contributed by atoms with Crippen LogP contribution in [0, 0.1) is 0 Å². The first-order valence-electron chi connectivity index (χ1n) is 13.8. The van der Waals surface area contributed by atoms with Crippen LogP contribution in [0.3, 0.4) is 0 Å². The molecule has 0 aliphatic rings. The smallest absolute Gasteiger partial charge is 0.319 e. The van der Waals surface area contributed by atoms with Crippen molar-refractivity contribution in [2.45, 2.75) is 19.0 Å². The van der Waals surface area contributed by atoms with E-state index in [0.717, 1.165) is 11.3 Å². The van der Waals surface area contributed by atoms with Gasteiger partial charge in [0.2, 0.25) is 11.8 Å². The molecule has 13 heteroatoms. The van der Waals surface area contributed by atoms with E-state index < -0.39 is 17.9 Å².